The second-order valence-corrected chi connectivity index (χ2v) is 3.96. The van der Waals surface area contributed by atoms with Crippen LogP contribution in [0, 0.1) is 5.92 Å². The molecular formula is C11H17N3. The first kappa shape index (κ1) is 9.59. The molecule has 14 heavy (non-hydrogen) atoms. The topological polar surface area (TPSA) is 37.8 Å². The second-order valence-electron chi connectivity index (χ2n) is 3.96. The van der Waals surface area contributed by atoms with Gasteiger partial charge in [0.05, 0.1) is 5.69 Å². The lowest BCUT2D eigenvalue weighted by Crippen LogP contribution is -2.21. The third-order valence-corrected chi connectivity index (χ3v) is 2.90. The molecule has 2 rings (SSSR count). The van der Waals surface area contributed by atoms with Crippen molar-refractivity contribution in [3.05, 3.63) is 24.3 Å². The highest BCUT2D eigenvalue weighted by Crippen LogP contribution is 2.28. The number of hydrogen-bond acceptors (Lipinski definition) is 3. The van der Waals surface area contributed by atoms with Crippen LogP contribution in [0.25, 0.3) is 0 Å². The van der Waals surface area contributed by atoms with Gasteiger partial charge in [0.15, 0.2) is 0 Å². The molecule has 0 radical (unpaired) electrons. The molecule has 3 nitrogen and oxygen atoms in total. The van der Waals surface area contributed by atoms with Crippen molar-refractivity contribution in [3.63, 3.8) is 0 Å². The minimum atomic E-state index is 0.870. The van der Waals surface area contributed by atoms with E-state index in [-0.39, 0.29) is 0 Å². The van der Waals surface area contributed by atoms with Crippen LogP contribution in [0.5, 0.6) is 0 Å². The molecule has 1 aromatic rings. The molecule has 1 N–H and O–H groups in total. The third-order valence-electron chi connectivity index (χ3n) is 2.90. The Labute approximate surface area is 85.0 Å². The van der Waals surface area contributed by atoms with Crippen LogP contribution in [-0.2, 0) is 6.54 Å². The van der Waals surface area contributed by atoms with Gasteiger partial charge < -0.3 is 5.32 Å². The molecule has 0 amide bonds. The molecule has 1 saturated carbocycles. The summed E-state index contributed by atoms with van der Waals surface area (Å²) in [6.45, 7) is 1.99. The Morgan fingerprint density at radius 3 is 3.00 bits per heavy atom. The van der Waals surface area contributed by atoms with Crippen LogP contribution in [0.3, 0.4) is 0 Å². The van der Waals surface area contributed by atoms with Crippen LogP contribution >= 0.6 is 0 Å². The molecule has 76 valence electrons. The fraction of sp³-hybridized carbons (Fsp3) is 0.636. The van der Waals surface area contributed by atoms with Gasteiger partial charge >= 0.3 is 0 Å². The molecule has 1 aliphatic rings. The zero-order valence-electron chi connectivity index (χ0n) is 8.45. The maximum Gasteiger partial charge on any atom is 0.115 e. The predicted molar refractivity (Wildman–Crippen MR) is 55.7 cm³/mol. The van der Waals surface area contributed by atoms with Crippen molar-refractivity contribution in [2.75, 3.05) is 6.54 Å². The highest BCUT2D eigenvalue weighted by molar-refractivity contribution is 4.96. The second kappa shape index (κ2) is 5.05. The van der Waals surface area contributed by atoms with E-state index < -0.39 is 0 Å². The monoisotopic (exact) mass is 191 g/mol. The first-order chi connectivity index (χ1) is 6.95. The van der Waals surface area contributed by atoms with E-state index in [0.29, 0.717) is 0 Å². The van der Waals surface area contributed by atoms with Gasteiger partial charge in [0.25, 0.3) is 0 Å². The van der Waals surface area contributed by atoms with Crippen LogP contribution in [0.15, 0.2) is 18.6 Å². The molecule has 1 aliphatic carbocycles. The molecule has 1 heterocycles. The molecule has 3 heteroatoms. The summed E-state index contributed by atoms with van der Waals surface area (Å²) in [5.74, 6) is 0.993. The summed E-state index contributed by atoms with van der Waals surface area (Å²) in [5, 5.41) is 3.41. The Morgan fingerprint density at radius 1 is 1.43 bits per heavy atom. The lowest BCUT2D eigenvalue weighted by Gasteiger charge is -2.25. The Morgan fingerprint density at radius 2 is 2.36 bits per heavy atom. The van der Waals surface area contributed by atoms with E-state index in [1.807, 2.05) is 6.07 Å². The molecule has 0 unspecified atom stereocenters. The molecule has 0 aromatic carbocycles. The summed E-state index contributed by atoms with van der Waals surface area (Å²) in [6, 6.07) is 1.95. The standard InChI is InChI=1S/C11H17N3/c1-2-10(3-1)4-6-12-8-11-5-7-13-9-14-11/h5,7,9-10,12H,1-4,6,8H2. The Hall–Kier alpha value is -0.960. The number of rotatable bonds is 5. The van der Waals surface area contributed by atoms with Gasteiger partial charge in [-0.05, 0) is 24.9 Å². The lowest BCUT2D eigenvalue weighted by molar-refractivity contribution is 0.292. The molecule has 1 aromatic heterocycles. The highest BCUT2D eigenvalue weighted by Gasteiger charge is 2.15. The van der Waals surface area contributed by atoms with E-state index >= 15 is 0 Å². The van der Waals surface area contributed by atoms with Crippen LogP contribution in [0.2, 0.25) is 0 Å². The third kappa shape index (κ3) is 2.77. The van der Waals surface area contributed by atoms with Crippen molar-refractivity contribution in [3.8, 4) is 0 Å². The van der Waals surface area contributed by atoms with Gasteiger partial charge in [0, 0.05) is 12.7 Å². The summed E-state index contributed by atoms with van der Waals surface area (Å²) < 4.78 is 0. The van der Waals surface area contributed by atoms with Gasteiger partial charge in [0.2, 0.25) is 0 Å². The Bertz CT molecular complexity index is 256. The fourth-order valence-electron chi connectivity index (χ4n) is 1.73. The molecule has 1 fully saturated rings. The lowest BCUT2D eigenvalue weighted by atomic mass is 9.83. The van der Waals surface area contributed by atoms with Gasteiger partial charge in [0.1, 0.15) is 6.33 Å². The van der Waals surface area contributed by atoms with Crippen LogP contribution in [0.4, 0.5) is 0 Å². The molecule has 0 bridgehead atoms. The predicted octanol–water partition coefficient (Wildman–Crippen LogP) is 1.76. The van der Waals surface area contributed by atoms with E-state index in [1.54, 1.807) is 12.5 Å². The molecule has 0 spiro atoms. The fourth-order valence-corrected chi connectivity index (χ4v) is 1.73. The van der Waals surface area contributed by atoms with Crippen molar-refractivity contribution < 1.29 is 0 Å². The number of hydrogen-bond donors (Lipinski definition) is 1. The van der Waals surface area contributed by atoms with Crippen molar-refractivity contribution >= 4 is 0 Å². The van der Waals surface area contributed by atoms with Gasteiger partial charge in [-0.3, -0.25) is 0 Å². The Kier molecular flexibility index (Phi) is 3.46. The van der Waals surface area contributed by atoms with Crippen LogP contribution < -0.4 is 5.32 Å². The first-order valence-electron chi connectivity index (χ1n) is 5.41. The summed E-state index contributed by atoms with van der Waals surface area (Å²) in [5.41, 5.74) is 1.08. The SMILES string of the molecule is c1cc(CNCCC2CCC2)ncn1. The van der Waals surface area contributed by atoms with Crippen LogP contribution in [-0.4, -0.2) is 16.5 Å². The van der Waals surface area contributed by atoms with E-state index in [2.05, 4.69) is 15.3 Å². The quantitative estimate of drug-likeness (QED) is 0.721. The summed E-state index contributed by atoms with van der Waals surface area (Å²) >= 11 is 0. The first-order valence-corrected chi connectivity index (χ1v) is 5.41. The van der Waals surface area contributed by atoms with Crippen LogP contribution in [0.1, 0.15) is 31.4 Å². The zero-order valence-corrected chi connectivity index (χ0v) is 8.45. The van der Waals surface area contributed by atoms with E-state index in [1.165, 1.54) is 25.7 Å². The number of nitrogens with one attached hydrogen (secondary N) is 1. The minimum Gasteiger partial charge on any atom is -0.311 e. The van der Waals surface area contributed by atoms with Crippen molar-refractivity contribution in [2.24, 2.45) is 5.92 Å². The van der Waals surface area contributed by atoms with Crippen molar-refractivity contribution in [1.82, 2.24) is 15.3 Å². The van der Waals surface area contributed by atoms with Crippen molar-refractivity contribution in [1.29, 1.82) is 0 Å². The zero-order chi connectivity index (χ0) is 9.64. The van der Waals surface area contributed by atoms with Gasteiger partial charge in [-0.1, -0.05) is 19.3 Å². The van der Waals surface area contributed by atoms with E-state index in [4.69, 9.17) is 0 Å². The summed E-state index contributed by atoms with van der Waals surface area (Å²) in [4.78, 5) is 8.04. The number of nitrogens with zero attached hydrogens (tertiary/aromatic N) is 2. The van der Waals surface area contributed by atoms with Gasteiger partial charge in [-0.15, -0.1) is 0 Å². The smallest absolute Gasteiger partial charge is 0.115 e. The Balaban J connectivity index is 1.58. The maximum atomic E-state index is 4.16. The average molecular weight is 191 g/mol. The van der Waals surface area contributed by atoms with Gasteiger partial charge in [-0.25, -0.2) is 9.97 Å². The minimum absolute atomic E-state index is 0.870. The summed E-state index contributed by atoms with van der Waals surface area (Å²) in [6.07, 6.45) is 9.03. The maximum absolute atomic E-state index is 4.16. The van der Waals surface area contributed by atoms with Gasteiger partial charge in [-0.2, -0.15) is 0 Å². The summed E-state index contributed by atoms with van der Waals surface area (Å²) in [7, 11) is 0. The highest BCUT2D eigenvalue weighted by atomic mass is 14.9. The molecular weight excluding hydrogens is 174 g/mol. The average Bonchev–Trinajstić information content (AvgIpc) is 2.16. The normalized spacial score (nSPS) is 16.6. The molecule has 0 atom stereocenters. The molecule has 0 saturated heterocycles. The molecule has 0 aliphatic heterocycles. The largest absolute Gasteiger partial charge is 0.311 e. The van der Waals surface area contributed by atoms with E-state index in [0.717, 1.165) is 24.7 Å². The number of aromatic nitrogens is 2. The van der Waals surface area contributed by atoms with E-state index in [9.17, 15) is 0 Å². The van der Waals surface area contributed by atoms with Crippen molar-refractivity contribution in [2.45, 2.75) is 32.2 Å².